The number of carbonyl (C=O) groups excluding carboxylic acids is 1. The van der Waals surface area contributed by atoms with Gasteiger partial charge in [0.15, 0.2) is 0 Å². The first-order valence-electron chi connectivity index (χ1n) is 9.00. The van der Waals surface area contributed by atoms with E-state index in [1.807, 2.05) is 0 Å². The maximum atomic E-state index is 13.9. The van der Waals surface area contributed by atoms with Gasteiger partial charge >= 0.3 is 0 Å². The molecule has 2 heterocycles. The molecule has 5 heteroatoms. The van der Waals surface area contributed by atoms with Crippen LogP contribution in [0, 0.1) is 17.6 Å². The van der Waals surface area contributed by atoms with Crippen molar-refractivity contribution in [3.63, 3.8) is 0 Å². The fourth-order valence-electron chi connectivity index (χ4n) is 4.67. The van der Waals surface area contributed by atoms with E-state index in [-0.39, 0.29) is 23.8 Å². The van der Waals surface area contributed by atoms with Crippen LogP contribution in [0.2, 0.25) is 0 Å². The standard InChI is InChI=1S/C19H24F2N2O/c1-23-13-3-2-4-14(23)9-12(8-13)22-19(24)17-10-15(17)16-7-11(20)5-6-18(16)21/h5-7,12-15,17H,2-4,8-10H2,1H3,(H,22,24). The van der Waals surface area contributed by atoms with Crippen LogP contribution in [0.3, 0.4) is 0 Å². The van der Waals surface area contributed by atoms with E-state index in [9.17, 15) is 13.6 Å². The van der Waals surface area contributed by atoms with Crippen LogP contribution in [0.5, 0.6) is 0 Å². The Kier molecular flexibility index (Phi) is 4.07. The first kappa shape index (κ1) is 16.0. The molecule has 0 spiro atoms. The Bertz CT molecular complexity index is 636. The summed E-state index contributed by atoms with van der Waals surface area (Å²) in [5.74, 6) is -1.23. The van der Waals surface area contributed by atoms with Crippen molar-refractivity contribution in [3.05, 3.63) is 35.4 Å². The summed E-state index contributed by atoms with van der Waals surface area (Å²) in [6.07, 6.45) is 6.32. The average Bonchev–Trinajstić information content (AvgIpc) is 3.31. The van der Waals surface area contributed by atoms with E-state index < -0.39 is 11.6 Å². The zero-order valence-corrected chi connectivity index (χ0v) is 14.0. The summed E-state index contributed by atoms with van der Waals surface area (Å²) in [6.45, 7) is 0. The van der Waals surface area contributed by atoms with Crippen LogP contribution in [0.1, 0.15) is 50.0 Å². The van der Waals surface area contributed by atoms with Crippen LogP contribution < -0.4 is 5.32 Å². The highest BCUT2D eigenvalue weighted by Crippen LogP contribution is 2.48. The fraction of sp³-hybridized carbons (Fsp3) is 0.632. The zero-order chi connectivity index (χ0) is 16.8. The summed E-state index contributed by atoms with van der Waals surface area (Å²) < 4.78 is 27.2. The van der Waals surface area contributed by atoms with E-state index in [1.54, 1.807) is 0 Å². The van der Waals surface area contributed by atoms with E-state index >= 15 is 0 Å². The number of amides is 1. The molecule has 1 aromatic carbocycles. The van der Waals surface area contributed by atoms with Gasteiger partial charge in [-0.15, -0.1) is 0 Å². The van der Waals surface area contributed by atoms with Crippen LogP contribution in [-0.2, 0) is 4.79 Å². The van der Waals surface area contributed by atoms with Gasteiger partial charge in [0.25, 0.3) is 0 Å². The Labute approximate surface area is 141 Å². The van der Waals surface area contributed by atoms with Crippen molar-refractivity contribution in [2.45, 2.75) is 62.6 Å². The van der Waals surface area contributed by atoms with Crippen molar-refractivity contribution in [1.82, 2.24) is 10.2 Å². The topological polar surface area (TPSA) is 32.3 Å². The van der Waals surface area contributed by atoms with Gasteiger partial charge in [0.1, 0.15) is 11.6 Å². The minimum absolute atomic E-state index is 0.0105. The van der Waals surface area contributed by atoms with Gasteiger partial charge < -0.3 is 10.2 Å². The molecule has 24 heavy (non-hydrogen) atoms. The molecule has 1 aliphatic carbocycles. The number of hydrogen-bond acceptors (Lipinski definition) is 2. The minimum Gasteiger partial charge on any atom is -0.353 e. The van der Waals surface area contributed by atoms with Gasteiger partial charge in [0.05, 0.1) is 0 Å². The number of piperidine rings is 2. The molecule has 2 bridgehead atoms. The van der Waals surface area contributed by atoms with Crippen molar-refractivity contribution < 1.29 is 13.6 Å². The van der Waals surface area contributed by atoms with E-state index in [4.69, 9.17) is 0 Å². The molecule has 3 aliphatic rings. The third kappa shape index (κ3) is 2.94. The lowest BCUT2D eigenvalue weighted by molar-refractivity contribution is -0.123. The summed E-state index contributed by atoms with van der Waals surface area (Å²) >= 11 is 0. The Morgan fingerprint density at radius 1 is 1.17 bits per heavy atom. The summed E-state index contributed by atoms with van der Waals surface area (Å²) in [5.41, 5.74) is 0.343. The smallest absolute Gasteiger partial charge is 0.223 e. The summed E-state index contributed by atoms with van der Waals surface area (Å²) in [7, 11) is 2.19. The lowest BCUT2D eigenvalue weighted by Crippen LogP contribution is -2.55. The van der Waals surface area contributed by atoms with Crippen LogP contribution in [-0.4, -0.2) is 36.0 Å². The Morgan fingerprint density at radius 2 is 1.88 bits per heavy atom. The number of halogens is 2. The van der Waals surface area contributed by atoms with Crippen molar-refractivity contribution in [2.24, 2.45) is 5.92 Å². The summed E-state index contributed by atoms with van der Waals surface area (Å²) in [4.78, 5) is 15.0. The predicted octanol–water partition coefficient (Wildman–Crippen LogP) is 3.20. The second-order valence-corrected chi connectivity index (χ2v) is 7.70. The van der Waals surface area contributed by atoms with Crippen molar-refractivity contribution in [2.75, 3.05) is 7.05 Å². The molecule has 1 N–H and O–H groups in total. The quantitative estimate of drug-likeness (QED) is 0.921. The monoisotopic (exact) mass is 334 g/mol. The molecule has 0 radical (unpaired) electrons. The van der Waals surface area contributed by atoms with E-state index in [0.29, 0.717) is 24.1 Å². The zero-order valence-electron chi connectivity index (χ0n) is 14.0. The molecular formula is C19H24F2N2O. The van der Waals surface area contributed by atoms with E-state index in [2.05, 4.69) is 17.3 Å². The SMILES string of the molecule is CN1C2CCCC1CC(NC(=O)C1CC1c1cc(F)ccc1F)C2. The second kappa shape index (κ2) is 6.10. The van der Waals surface area contributed by atoms with E-state index in [0.717, 1.165) is 25.0 Å². The molecule has 4 atom stereocenters. The largest absolute Gasteiger partial charge is 0.353 e. The molecule has 2 saturated heterocycles. The number of carbonyl (C=O) groups is 1. The molecule has 4 rings (SSSR count). The van der Waals surface area contributed by atoms with Gasteiger partial charge in [0, 0.05) is 24.0 Å². The molecule has 130 valence electrons. The molecule has 3 fully saturated rings. The fourth-order valence-corrected chi connectivity index (χ4v) is 4.67. The number of rotatable bonds is 3. The normalized spacial score (nSPS) is 35.5. The molecule has 3 nitrogen and oxygen atoms in total. The van der Waals surface area contributed by atoms with Crippen LogP contribution in [0.15, 0.2) is 18.2 Å². The highest BCUT2D eigenvalue weighted by Gasteiger charge is 2.46. The molecule has 4 unspecified atom stereocenters. The summed E-state index contributed by atoms with van der Waals surface area (Å²) in [5, 5.41) is 3.18. The number of hydrogen-bond donors (Lipinski definition) is 1. The first-order valence-corrected chi connectivity index (χ1v) is 9.00. The Balaban J connectivity index is 1.37. The van der Waals surface area contributed by atoms with E-state index in [1.165, 1.54) is 25.3 Å². The van der Waals surface area contributed by atoms with Crippen molar-refractivity contribution in [1.29, 1.82) is 0 Å². The maximum Gasteiger partial charge on any atom is 0.223 e. The van der Waals surface area contributed by atoms with Gasteiger partial charge in [-0.25, -0.2) is 8.78 Å². The van der Waals surface area contributed by atoms with Gasteiger partial charge in [0.2, 0.25) is 5.91 Å². The van der Waals surface area contributed by atoms with Gasteiger partial charge in [-0.2, -0.15) is 0 Å². The van der Waals surface area contributed by atoms with Crippen molar-refractivity contribution in [3.8, 4) is 0 Å². The van der Waals surface area contributed by atoms with Crippen LogP contribution in [0.4, 0.5) is 8.78 Å². The highest BCUT2D eigenvalue weighted by atomic mass is 19.1. The van der Waals surface area contributed by atoms with Crippen LogP contribution in [0.25, 0.3) is 0 Å². The molecule has 1 amide bonds. The van der Waals surface area contributed by atoms with Crippen LogP contribution >= 0.6 is 0 Å². The lowest BCUT2D eigenvalue weighted by atomic mass is 9.82. The number of nitrogens with one attached hydrogen (secondary N) is 1. The number of benzene rings is 1. The van der Waals surface area contributed by atoms with Gasteiger partial charge in [-0.05, 0) is 68.8 Å². The van der Waals surface area contributed by atoms with Gasteiger partial charge in [-0.1, -0.05) is 6.42 Å². The minimum atomic E-state index is -0.444. The Hall–Kier alpha value is -1.49. The predicted molar refractivity (Wildman–Crippen MR) is 87.6 cm³/mol. The van der Waals surface area contributed by atoms with Crippen molar-refractivity contribution >= 4 is 5.91 Å². The third-order valence-corrected chi connectivity index (χ3v) is 6.17. The van der Waals surface area contributed by atoms with Gasteiger partial charge in [-0.3, -0.25) is 4.79 Å². The molecule has 2 aliphatic heterocycles. The lowest BCUT2D eigenvalue weighted by Gasteiger charge is -2.47. The number of nitrogens with zero attached hydrogens (tertiary/aromatic N) is 1. The molecule has 0 aromatic heterocycles. The second-order valence-electron chi connectivity index (χ2n) is 7.70. The molecule has 1 saturated carbocycles. The third-order valence-electron chi connectivity index (χ3n) is 6.17. The molecule has 1 aromatic rings. The maximum absolute atomic E-state index is 13.9. The number of fused-ring (bicyclic) bond motifs is 2. The average molecular weight is 334 g/mol. The summed E-state index contributed by atoms with van der Waals surface area (Å²) in [6, 6.07) is 4.86. The molecular weight excluding hydrogens is 310 g/mol. The highest BCUT2D eigenvalue weighted by molar-refractivity contribution is 5.83. The first-order chi connectivity index (χ1) is 11.5. The Morgan fingerprint density at radius 3 is 2.58 bits per heavy atom.